The molecule has 21 heavy (non-hydrogen) atoms. The maximum absolute atomic E-state index is 12.0. The number of nitrogens with one attached hydrogen (secondary N) is 1. The zero-order valence-corrected chi connectivity index (χ0v) is 11.4. The number of anilines is 1. The second-order valence-electron chi connectivity index (χ2n) is 4.11. The molecule has 3 aromatic rings. The zero-order chi connectivity index (χ0) is 14.7. The molecule has 0 saturated carbocycles. The van der Waals surface area contributed by atoms with Crippen molar-refractivity contribution in [3.8, 4) is 5.69 Å². The van der Waals surface area contributed by atoms with Gasteiger partial charge in [-0.1, -0.05) is 17.7 Å². The molecule has 0 saturated heterocycles. The Morgan fingerprint density at radius 3 is 2.62 bits per heavy atom. The molecule has 1 amide bonds. The Hall–Kier alpha value is -2.80. The van der Waals surface area contributed by atoms with Gasteiger partial charge in [0.05, 0.1) is 5.69 Å². The van der Waals surface area contributed by atoms with E-state index in [1.165, 1.54) is 12.1 Å². The first kappa shape index (κ1) is 13.2. The van der Waals surface area contributed by atoms with Crippen LogP contribution < -0.4 is 5.32 Å². The van der Waals surface area contributed by atoms with Crippen molar-refractivity contribution in [2.45, 2.75) is 0 Å². The normalized spacial score (nSPS) is 10.3. The van der Waals surface area contributed by atoms with Crippen LogP contribution in [0.3, 0.4) is 0 Å². The Labute approximate surface area is 124 Å². The molecule has 0 aliphatic rings. The van der Waals surface area contributed by atoms with Gasteiger partial charge in [-0.05, 0) is 30.3 Å². The third kappa shape index (κ3) is 3.03. The predicted molar refractivity (Wildman–Crippen MR) is 76.4 cm³/mol. The molecule has 0 radical (unpaired) electrons. The van der Waals surface area contributed by atoms with Crippen LogP contribution in [-0.2, 0) is 0 Å². The van der Waals surface area contributed by atoms with Gasteiger partial charge in [-0.2, -0.15) is 0 Å². The van der Waals surface area contributed by atoms with E-state index < -0.39 is 0 Å². The fourth-order valence-corrected chi connectivity index (χ4v) is 1.81. The van der Waals surface area contributed by atoms with Crippen molar-refractivity contribution >= 4 is 23.2 Å². The van der Waals surface area contributed by atoms with E-state index in [9.17, 15) is 4.79 Å². The molecule has 2 heterocycles. The molecule has 2 aromatic heterocycles. The molecule has 104 valence electrons. The van der Waals surface area contributed by atoms with E-state index in [0.717, 1.165) is 5.69 Å². The minimum atomic E-state index is -0.361. The predicted octanol–water partition coefficient (Wildman–Crippen LogP) is 1.96. The van der Waals surface area contributed by atoms with Gasteiger partial charge in [-0.15, -0.1) is 20.4 Å². The number of hydrogen-bond donors (Lipinski definition) is 1. The molecule has 0 unspecified atom stereocenters. The lowest BCUT2D eigenvalue weighted by Crippen LogP contribution is -2.14. The Kier molecular flexibility index (Phi) is 3.57. The molecular weight excluding hydrogens is 292 g/mol. The molecule has 0 aliphatic heterocycles. The highest BCUT2D eigenvalue weighted by atomic mass is 35.5. The van der Waals surface area contributed by atoms with Crippen molar-refractivity contribution in [3.05, 3.63) is 59.9 Å². The van der Waals surface area contributed by atoms with Gasteiger partial charge in [0.25, 0.3) is 5.91 Å². The van der Waals surface area contributed by atoms with Crippen LogP contribution in [0.5, 0.6) is 0 Å². The molecule has 0 atom stereocenters. The van der Waals surface area contributed by atoms with E-state index in [4.69, 9.17) is 11.6 Å². The van der Waals surface area contributed by atoms with Gasteiger partial charge in [0.1, 0.15) is 12.7 Å². The molecule has 0 bridgehead atoms. The SMILES string of the molecule is O=C(Nc1cccc(-n2cnnc2)c1)c1ccc(Cl)nn1. The molecule has 1 N–H and O–H groups in total. The molecule has 0 aliphatic carbocycles. The highest BCUT2D eigenvalue weighted by Crippen LogP contribution is 2.15. The molecule has 8 heteroatoms. The largest absolute Gasteiger partial charge is 0.321 e. The third-order valence-electron chi connectivity index (χ3n) is 2.69. The van der Waals surface area contributed by atoms with E-state index in [2.05, 4.69) is 25.7 Å². The average molecular weight is 301 g/mol. The second kappa shape index (κ2) is 5.68. The summed E-state index contributed by atoms with van der Waals surface area (Å²) in [7, 11) is 0. The monoisotopic (exact) mass is 300 g/mol. The van der Waals surface area contributed by atoms with Crippen LogP contribution in [0.1, 0.15) is 10.5 Å². The van der Waals surface area contributed by atoms with Gasteiger partial charge in [0.2, 0.25) is 0 Å². The summed E-state index contributed by atoms with van der Waals surface area (Å²) in [5.74, 6) is -0.361. The minimum absolute atomic E-state index is 0.189. The van der Waals surface area contributed by atoms with Crippen molar-refractivity contribution in [2.75, 3.05) is 5.32 Å². The number of nitrogens with zero attached hydrogens (tertiary/aromatic N) is 5. The third-order valence-corrected chi connectivity index (χ3v) is 2.89. The summed E-state index contributed by atoms with van der Waals surface area (Å²) in [6.07, 6.45) is 3.15. The summed E-state index contributed by atoms with van der Waals surface area (Å²) in [6, 6.07) is 10.3. The van der Waals surface area contributed by atoms with Crippen molar-refractivity contribution < 1.29 is 4.79 Å². The standard InChI is InChI=1S/C13H9ClN6O/c14-12-5-4-11(18-19-12)13(21)17-9-2-1-3-10(6-9)20-7-15-16-8-20/h1-8H,(H,17,21). The number of halogens is 1. The zero-order valence-electron chi connectivity index (χ0n) is 10.6. The summed E-state index contributed by atoms with van der Waals surface area (Å²) in [5.41, 5.74) is 1.65. The van der Waals surface area contributed by atoms with E-state index in [0.29, 0.717) is 5.69 Å². The molecule has 3 rings (SSSR count). The number of aromatic nitrogens is 5. The maximum atomic E-state index is 12.0. The van der Waals surface area contributed by atoms with Crippen molar-refractivity contribution in [1.82, 2.24) is 25.0 Å². The number of rotatable bonds is 3. The Morgan fingerprint density at radius 1 is 1.10 bits per heavy atom. The second-order valence-corrected chi connectivity index (χ2v) is 4.50. The highest BCUT2D eigenvalue weighted by Gasteiger charge is 2.09. The molecule has 1 aromatic carbocycles. The van der Waals surface area contributed by atoms with Crippen LogP contribution >= 0.6 is 11.6 Å². The van der Waals surface area contributed by atoms with E-state index in [1.807, 2.05) is 12.1 Å². The number of amides is 1. The lowest BCUT2D eigenvalue weighted by atomic mass is 10.2. The van der Waals surface area contributed by atoms with Crippen LogP contribution in [0, 0.1) is 0 Å². The smallest absolute Gasteiger partial charge is 0.276 e. The Morgan fingerprint density at radius 2 is 1.90 bits per heavy atom. The number of carbonyl (C=O) groups is 1. The van der Waals surface area contributed by atoms with Gasteiger partial charge in [0.15, 0.2) is 10.8 Å². The average Bonchev–Trinajstić information content (AvgIpc) is 3.02. The quantitative estimate of drug-likeness (QED) is 0.799. The Bertz CT molecular complexity index is 757. The van der Waals surface area contributed by atoms with Gasteiger partial charge in [0, 0.05) is 5.69 Å². The summed E-state index contributed by atoms with van der Waals surface area (Å²) in [6.45, 7) is 0. The molecule has 0 fully saturated rings. The molecular formula is C13H9ClN6O. The van der Waals surface area contributed by atoms with Crippen molar-refractivity contribution in [3.63, 3.8) is 0 Å². The van der Waals surface area contributed by atoms with Crippen LogP contribution in [0.15, 0.2) is 49.1 Å². The molecule has 7 nitrogen and oxygen atoms in total. The van der Waals surface area contributed by atoms with Gasteiger partial charge >= 0.3 is 0 Å². The summed E-state index contributed by atoms with van der Waals surface area (Å²) in [5, 5.41) is 17.8. The fourth-order valence-electron chi connectivity index (χ4n) is 1.71. The maximum Gasteiger partial charge on any atom is 0.276 e. The van der Waals surface area contributed by atoms with Crippen LogP contribution in [0.2, 0.25) is 5.15 Å². The number of hydrogen-bond acceptors (Lipinski definition) is 5. The lowest BCUT2D eigenvalue weighted by molar-refractivity contribution is 0.102. The minimum Gasteiger partial charge on any atom is -0.321 e. The summed E-state index contributed by atoms with van der Waals surface area (Å²) < 4.78 is 1.73. The van der Waals surface area contributed by atoms with Gasteiger partial charge in [-0.3, -0.25) is 9.36 Å². The highest BCUT2D eigenvalue weighted by molar-refractivity contribution is 6.29. The molecule has 0 spiro atoms. The van der Waals surface area contributed by atoms with Crippen molar-refractivity contribution in [2.24, 2.45) is 0 Å². The van der Waals surface area contributed by atoms with Gasteiger partial charge < -0.3 is 5.32 Å². The Balaban J connectivity index is 1.80. The van der Waals surface area contributed by atoms with E-state index in [1.54, 1.807) is 29.4 Å². The van der Waals surface area contributed by atoms with E-state index >= 15 is 0 Å². The van der Waals surface area contributed by atoms with Crippen LogP contribution in [0.25, 0.3) is 5.69 Å². The van der Waals surface area contributed by atoms with Crippen LogP contribution in [-0.4, -0.2) is 30.9 Å². The summed E-state index contributed by atoms with van der Waals surface area (Å²) >= 11 is 5.63. The van der Waals surface area contributed by atoms with Gasteiger partial charge in [-0.25, -0.2) is 0 Å². The van der Waals surface area contributed by atoms with Crippen molar-refractivity contribution in [1.29, 1.82) is 0 Å². The summed E-state index contributed by atoms with van der Waals surface area (Å²) in [4.78, 5) is 12.0. The fraction of sp³-hybridized carbons (Fsp3) is 0. The topological polar surface area (TPSA) is 85.6 Å². The lowest BCUT2D eigenvalue weighted by Gasteiger charge is -2.07. The van der Waals surface area contributed by atoms with Crippen LogP contribution in [0.4, 0.5) is 5.69 Å². The first-order chi connectivity index (χ1) is 10.2. The first-order valence-corrected chi connectivity index (χ1v) is 6.36. The first-order valence-electron chi connectivity index (χ1n) is 5.98. The number of benzene rings is 1. The number of carbonyl (C=O) groups excluding carboxylic acids is 1. The van der Waals surface area contributed by atoms with E-state index in [-0.39, 0.29) is 16.8 Å².